The molecular weight excluding hydrogens is 294 g/mol. The molecule has 0 fully saturated rings. The standard InChI is InChI=1S/C17H15N3O3/c1-10-13(14-15(21)18-9-19-16(14)23-10)17(22)20-7-6-11-4-2-3-5-12(11)8-20/h2-5,9H,6-8H2,1H3,(H,18,19,21). The average Bonchev–Trinajstić information content (AvgIpc) is 2.91. The molecule has 0 bridgehead atoms. The van der Waals surface area contributed by atoms with Gasteiger partial charge in [-0.3, -0.25) is 9.59 Å². The molecule has 4 rings (SSSR count). The lowest BCUT2D eigenvalue weighted by molar-refractivity contribution is 0.0734. The van der Waals surface area contributed by atoms with Gasteiger partial charge in [0.15, 0.2) is 0 Å². The molecule has 3 aromatic rings. The lowest BCUT2D eigenvalue weighted by atomic mass is 9.99. The summed E-state index contributed by atoms with van der Waals surface area (Å²) in [5, 5.41) is 0.230. The Morgan fingerprint density at radius 1 is 1.30 bits per heavy atom. The van der Waals surface area contributed by atoms with Crippen LogP contribution in [0.25, 0.3) is 11.1 Å². The molecule has 1 aliphatic rings. The van der Waals surface area contributed by atoms with Crippen molar-refractivity contribution in [1.82, 2.24) is 14.9 Å². The van der Waals surface area contributed by atoms with E-state index in [1.54, 1.807) is 11.8 Å². The summed E-state index contributed by atoms with van der Waals surface area (Å²) >= 11 is 0. The summed E-state index contributed by atoms with van der Waals surface area (Å²) in [6.07, 6.45) is 2.09. The number of amides is 1. The van der Waals surface area contributed by atoms with Crippen LogP contribution in [-0.2, 0) is 13.0 Å². The third kappa shape index (κ3) is 2.14. The van der Waals surface area contributed by atoms with E-state index < -0.39 is 0 Å². The van der Waals surface area contributed by atoms with Gasteiger partial charge >= 0.3 is 0 Å². The number of benzene rings is 1. The van der Waals surface area contributed by atoms with Gasteiger partial charge in [0.05, 0.1) is 11.9 Å². The summed E-state index contributed by atoms with van der Waals surface area (Å²) in [6, 6.07) is 8.10. The van der Waals surface area contributed by atoms with E-state index in [0.717, 1.165) is 12.0 Å². The zero-order chi connectivity index (χ0) is 16.0. The smallest absolute Gasteiger partial charge is 0.262 e. The second-order valence-electron chi connectivity index (χ2n) is 5.69. The van der Waals surface area contributed by atoms with Crippen LogP contribution in [-0.4, -0.2) is 27.3 Å². The molecule has 0 spiro atoms. The van der Waals surface area contributed by atoms with E-state index >= 15 is 0 Å². The Labute approximate surface area is 131 Å². The number of H-pyrrole nitrogens is 1. The number of rotatable bonds is 1. The highest BCUT2D eigenvalue weighted by Crippen LogP contribution is 2.25. The molecule has 3 heterocycles. The van der Waals surface area contributed by atoms with Gasteiger partial charge in [0.25, 0.3) is 11.5 Å². The first-order chi connectivity index (χ1) is 11.1. The number of hydrogen-bond acceptors (Lipinski definition) is 4. The van der Waals surface area contributed by atoms with Crippen molar-refractivity contribution in [3.8, 4) is 0 Å². The first-order valence-corrected chi connectivity index (χ1v) is 7.48. The molecule has 0 saturated heterocycles. The van der Waals surface area contributed by atoms with Gasteiger partial charge in [0.2, 0.25) is 5.71 Å². The summed E-state index contributed by atoms with van der Waals surface area (Å²) < 4.78 is 5.48. The molecule has 6 heteroatoms. The molecule has 23 heavy (non-hydrogen) atoms. The lowest BCUT2D eigenvalue weighted by Gasteiger charge is -2.28. The van der Waals surface area contributed by atoms with Gasteiger partial charge in [-0.1, -0.05) is 24.3 Å². The maximum absolute atomic E-state index is 12.9. The number of aryl methyl sites for hydroxylation is 1. The first kappa shape index (κ1) is 13.8. The first-order valence-electron chi connectivity index (χ1n) is 7.48. The molecular formula is C17H15N3O3. The van der Waals surface area contributed by atoms with Crippen LogP contribution < -0.4 is 5.56 Å². The molecule has 0 atom stereocenters. The number of aromatic amines is 1. The highest BCUT2D eigenvalue weighted by Gasteiger charge is 2.28. The molecule has 0 unspecified atom stereocenters. The number of nitrogens with zero attached hydrogens (tertiary/aromatic N) is 2. The molecule has 0 aliphatic carbocycles. The van der Waals surface area contributed by atoms with Crippen molar-refractivity contribution < 1.29 is 9.21 Å². The zero-order valence-corrected chi connectivity index (χ0v) is 12.6. The molecule has 0 saturated carbocycles. The van der Waals surface area contributed by atoms with Crippen molar-refractivity contribution in [3.05, 3.63) is 63.4 Å². The van der Waals surface area contributed by atoms with Crippen molar-refractivity contribution >= 4 is 17.0 Å². The quantitative estimate of drug-likeness (QED) is 0.746. The minimum atomic E-state index is -0.354. The third-order valence-electron chi connectivity index (χ3n) is 4.30. The largest absolute Gasteiger partial charge is 0.442 e. The Morgan fingerprint density at radius 3 is 2.91 bits per heavy atom. The van der Waals surface area contributed by atoms with Crippen molar-refractivity contribution in [1.29, 1.82) is 0 Å². The van der Waals surface area contributed by atoms with Gasteiger partial charge in [0, 0.05) is 13.1 Å². The Hall–Kier alpha value is -2.89. The average molecular weight is 309 g/mol. The van der Waals surface area contributed by atoms with E-state index in [1.165, 1.54) is 11.9 Å². The fraction of sp³-hybridized carbons (Fsp3) is 0.235. The number of fused-ring (bicyclic) bond motifs is 2. The highest BCUT2D eigenvalue weighted by atomic mass is 16.3. The Bertz CT molecular complexity index is 971. The topological polar surface area (TPSA) is 79.2 Å². The van der Waals surface area contributed by atoms with E-state index in [2.05, 4.69) is 16.0 Å². The Morgan fingerprint density at radius 2 is 2.09 bits per heavy atom. The van der Waals surface area contributed by atoms with Gasteiger partial charge in [0.1, 0.15) is 11.1 Å². The van der Waals surface area contributed by atoms with Gasteiger partial charge in [-0.05, 0) is 24.5 Å². The molecule has 1 N–H and O–H groups in total. The van der Waals surface area contributed by atoms with Crippen LogP contribution in [0.5, 0.6) is 0 Å². The van der Waals surface area contributed by atoms with Gasteiger partial charge in [-0.2, -0.15) is 0 Å². The summed E-state index contributed by atoms with van der Waals surface area (Å²) in [7, 11) is 0. The molecule has 1 aliphatic heterocycles. The van der Waals surface area contributed by atoms with Crippen LogP contribution in [0.4, 0.5) is 0 Å². The van der Waals surface area contributed by atoms with Crippen LogP contribution in [0, 0.1) is 6.92 Å². The van der Waals surface area contributed by atoms with Crippen LogP contribution in [0.2, 0.25) is 0 Å². The minimum absolute atomic E-state index is 0.186. The maximum atomic E-state index is 12.9. The van der Waals surface area contributed by atoms with E-state index in [0.29, 0.717) is 24.4 Å². The van der Waals surface area contributed by atoms with Crippen LogP contribution in [0.3, 0.4) is 0 Å². The van der Waals surface area contributed by atoms with Crippen molar-refractivity contribution in [2.45, 2.75) is 19.9 Å². The number of hydrogen-bond donors (Lipinski definition) is 1. The summed E-state index contributed by atoms with van der Waals surface area (Å²) in [6.45, 7) is 2.85. The number of nitrogens with one attached hydrogen (secondary N) is 1. The predicted octanol–water partition coefficient (Wildman–Crippen LogP) is 2.02. The SMILES string of the molecule is Cc1oc2nc[nH]c(=O)c2c1C(=O)N1CCc2ccccc2C1. The fourth-order valence-electron chi connectivity index (χ4n) is 3.14. The van der Waals surface area contributed by atoms with Crippen LogP contribution >= 0.6 is 0 Å². The third-order valence-corrected chi connectivity index (χ3v) is 4.30. The van der Waals surface area contributed by atoms with E-state index in [1.807, 2.05) is 18.2 Å². The second kappa shape index (κ2) is 5.08. The fourth-order valence-corrected chi connectivity index (χ4v) is 3.14. The van der Waals surface area contributed by atoms with E-state index in [-0.39, 0.29) is 22.6 Å². The van der Waals surface area contributed by atoms with Crippen molar-refractivity contribution in [2.75, 3.05) is 6.54 Å². The number of carbonyl (C=O) groups excluding carboxylic acids is 1. The molecule has 1 amide bonds. The lowest BCUT2D eigenvalue weighted by Crippen LogP contribution is -2.36. The van der Waals surface area contributed by atoms with Gasteiger partial charge < -0.3 is 14.3 Å². The van der Waals surface area contributed by atoms with Crippen LogP contribution in [0.15, 0.2) is 39.8 Å². The minimum Gasteiger partial charge on any atom is -0.442 e. The van der Waals surface area contributed by atoms with E-state index in [4.69, 9.17) is 4.42 Å². The molecule has 0 radical (unpaired) electrons. The van der Waals surface area contributed by atoms with Crippen molar-refractivity contribution in [3.63, 3.8) is 0 Å². The Balaban J connectivity index is 1.76. The highest BCUT2D eigenvalue weighted by molar-refractivity contribution is 6.06. The zero-order valence-electron chi connectivity index (χ0n) is 12.6. The normalized spacial score (nSPS) is 14.0. The van der Waals surface area contributed by atoms with E-state index in [9.17, 15) is 9.59 Å². The number of carbonyl (C=O) groups is 1. The summed E-state index contributed by atoms with van der Waals surface area (Å²) in [4.78, 5) is 33.3. The summed E-state index contributed by atoms with van der Waals surface area (Å²) in [5.41, 5.74) is 2.57. The van der Waals surface area contributed by atoms with Gasteiger partial charge in [-0.25, -0.2) is 4.98 Å². The monoisotopic (exact) mass is 309 g/mol. The van der Waals surface area contributed by atoms with Crippen LogP contribution in [0.1, 0.15) is 27.2 Å². The molecule has 116 valence electrons. The maximum Gasteiger partial charge on any atom is 0.262 e. The molecule has 2 aromatic heterocycles. The predicted molar refractivity (Wildman–Crippen MR) is 84.3 cm³/mol. The molecule has 6 nitrogen and oxygen atoms in total. The Kier molecular flexibility index (Phi) is 3.04. The molecule has 1 aromatic carbocycles. The summed E-state index contributed by atoms with van der Waals surface area (Å²) in [5.74, 6) is 0.238. The van der Waals surface area contributed by atoms with Crippen molar-refractivity contribution in [2.24, 2.45) is 0 Å². The number of furan rings is 1. The van der Waals surface area contributed by atoms with Gasteiger partial charge in [-0.15, -0.1) is 0 Å². The number of aromatic nitrogens is 2. The second-order valence-corrected chi connectivity index (χ2v) is 5.69.